The standard InChI is InChI=1S/C17H17ClFN3O/c1-3-12(4-2)22-15-14(10-6-5-7-11(19)8-10)13(18)9-20-16(15)21-17(22)23/h5-9,12H,3-4H2,1-2H3,(H,20,21,23). The van der Waals surface area contributed by atoms with E-state index in [0.29, 0.717) is 27.3 Å². The monoisotopic (exact) mass is 333 g/mol. The minimum atomic E-state index is -0.346. The van der Waals surface area contributed by atoms with Crippen LogP contribution in [0.4, 0.5) is 4.39 Å². The Balaban J connectivity index is 2.39. The molecule has 0 aliphatic carbocycles. The highest BCUT2D eigenvalue weighted by atomic mass is 35.5. The Kier molecular flexibility index (Phi) is 4.22. The first kappa shape index (κ1) is 15.7. The molecule has 6 heteroatoms. The Hall–Kier alpha value is -2.14. The van der Waals surface area contributed by atoms with Gasteiger partial charge in [-0.2, -0.15) is 4.98 Å². The molecule has 0 atom stereocenters. The predicted molar refractivity (Wildman–Crippen MR) is 89.2 cm³/mol. The van der Waals surface area contributed by atoms with E-state index in [1.807, 2.05) is 13.8 Å². The molecule has 1 N–H and O–H groups in total. The van der Waals surface area contributed by atoms with Gasteiger partial charge in [0.2, 0.25) is 0 Å². The van der Waals surface area contributed by atoms with Gasteiger partial charge in [-0.1, -0.05) is 37.6 Å². The minimum Gasteiger partial charge on any atom is -0.480 e. The molecular formula is C17H17ClFN3O. The summed E-state index contributed by atoms with van der Waals surface area (Å²) in [5.41, 5.74) is 2.30. The Morgan fingerprint density at radius 1 is 1.30 bits per heavy atom. The smallest absolute Gasteiger partial charge is 0.296 e. The van der Waals surface area contributed by atoms with Crippen LogP contribution in [0.5, 0.6) is 6.01 Å². The van der Waals surface area contributed by atoms with Gasteiger partial charge in [0.1, 0.15) is 11.3 Å². The molecule has 1 aromatic carbocycles. The summed E-state index contributed by atoms with van der Waals surface area (Å²) in [6.45, 7) is 4.08. The molecule has 0 fully saturated rings. The van der Waals surface area contributed by atoms with E-state index < -0.39 is 0 Å². The maximum absolute atomic E-state index is 13.7. The van der Waals surface area contributed by atoms with Crippen molar-refractivity contribution in [2.45, 2.75) is 32.7 Å². The van der Waals surface area contributed by atoms with Gasteiger partial charge in [-0.3, -0.25) is 4.57 Å². The van der Waals surface area contributed by atoms with Crippen molar-refractivity contribution in [1.29, 1.82) is 0 Å². The fraction of sp³-hybridized carbons (Fsp3) is 0.294. The molecule has 4 nitrogen and oxygen atoms in total. The van der Waals surface area contributed by atoms with Gasteiger partial charge < -0.3 is 5.11 Å². The van der Waals surface area contributed by atoms with Gasteiger partial charge in [0.25, 0.3) is 6.01 Å². The SMILES string of the molecule is CCC(CC)n1c(O)nc2ncc(Cl)c(-c3cccc(F)c3)c21. The van der Waals surface area contributed by atoms with E-state index in [2.05, 4.69) is 9.97 Å². The van der Waals surface area contributed by atoms with E-state index in [0.717, 1.165) is 12.8 Å². The Morgan fingerprint density at radius 3 is 2.70 bits per heavy atom. The van der Waals surface area contributed by atoms with Crippen molar-refractivity contribution >= 4 is 22.8 Å². The van der Waals surface area contributed by atoms with Crippen LogP contribution >= 0.6 is 11.6 Å². The molecule has 2 heterocycles. The molecule has 0 aliphatic rings. The van der Waals surface area contributed by atoms with Crippen molar-refractivity contribution in [3.63, 3.8) is 0 Å². The Labute approximate surface area is 138 Å². The first-order valence-corrected chi connectivity index (χ1v) is 7.95. The summed E-state index contributed by atoms with van der Waals surface area (Å²) in [6, 6.07) is 6.18. The molecule has 23 heavy (non-hydrogen) atoms. The summed E-state index contributed by atoms with van der Waals surface area (Å²) in [6.07, 6.45) is 3.13. The molecule has 0 unspecified atom stereocenters. The third kappa shape index (κ3) is 2.65. The summed E-state index contributed by atoms with van der Waals surface area (Å²) < 4.78 is 15.4. The largest absolute Gasteiger partial charge is 0.480 e. The topological polar surface area (TPSA) is 50.9 Å². The van der Waals surface area contributed by atoms with E-state index in [-0.39, 0.29) is 17.9 Å². The van der Waals surface area contributed by atoms with Crippen LogP contribution in [0.1, 0.15) is 32.7 Å². The molecule has 0 saturated carbocycles. The summed E-state index contributed by atoms with van der Waals surface area (Å²) in [5, 5.41) is 10.7. The molecule has 120 valence electrons. The van der Waals surface area contributed by atoms with Gasteiger partial charge >= 0.3 is 0 Å². The summed E-state index contributed by atoms with van der Waals surface area (Å²) >= 11 is 6.35. The molecule has 0 bridgehead atoms. The summed E-state index contributed by atoms with van der Waals surface area (Å²) in [5.74, 6) is -0.346. The first-order valence-electron chi connectivity index (χ1n) is 7.58. The lowest BCUT2D eigenvalue weighted by atomic mass is 10.0. The average Bonchev–Trinajstić information content (AvgIpc) is 2.85. The number of imidazole rings is 1. The molecule has 3 aromatic rings. The second-order valence-corrected chi connectivity index (χ2v) is 5.82. The van der Waals surface area contributed by atoms with Crippen LogP contribution in [0.25, 0.3) is 22.3 Å². The fourth-order valence-electron chi connectivity index (χ4n) is 2.95. The maximum Gasteiger partial charge on any atom is 0.296 e. The average molecular weight is 334 g/mol. The second kappa shape index (κ2) is 6.16. The van der Waals surface area contributed by atoms with Crippen LogP contribution in [0.15, 0.2) is 30.5 Å². The van der Waals surface area contributed by atoms with Crippen molar-refractivity contribution in [1.82, 2.24) is 14.5 Å². The van der Waals surface area contributed by atoms with Gasteiger partial charge in [-0.25, -0.2) is 9.37 Å². The van der Waals surface area contributed by atoms with Crippen molar-refractivity contribution in [2.24, 2.45) is 0 Å². The van der Waals surface area contributed by atoms with E-state index in [1.54, 1.807) is 16.7 Å². The molecule has 0 saturated heterocycles. The number of aromatic nitrogens is 3. The van der Waals surface area contributed by atoms with Crippen LogP contribution in [0, 0.1) is 5.82 Å². The number of halogens is 2. The quantitative estimate of drug-likeness (QED) is 0.734. The normalized spacial score (nSPS) is 11.5. The lowest BCUT2D eigenvalue weighted by Crippen LogP contribution is -2.07. The summed E-state index contributed by atoms with van der Waals surface area (Å²) in [4.78, 5) is 8.34. The summed E-state index contributed by atoms with van der Waals surface area (Å²) in [7, 11) is 0. The molecular weight excluding hydrogens is 317 g/mol. The van der Waals surface area contributed by atoms with Gasteiger partial charge in [0.05, 0.1) is 5.02 Å². The van der Waals surface area contributed by atoms with Gasteiger partial charge in [0.15, 0.2) is 5.65 Å². The zero-order chi connectivity index (χ0) is 16.6. The minimum absolute atomic E-state index is 0.0626. The van der Waals surface area contributed by atoms with Gasteiger partial charge in [0, 0.05) is 17.8 Å². The maximum atomic E-state index is 13.7. The van der Waals surface area contributed by atoms with E-state index in [9.17, 15) is 9.50 Å². The van der Waals surface area contributed by atoms with Crippen LogP contribution in [0.2, 0.25) is 5.02 Å². The number of benzene rings is 1. The Bertz CT molecular complexity index is 858. The number of aromatic hydroxyl groups is 1. The van der Waals surface area contributed by atoms with Crippen LogP contribution in [0.3, 0.4) is 0 Å². The third-order valence-electron chi connectivity index (χ3n) is 4.07. The molecule has 0 amide bonds. The lowest BCUT2D eigenvalue weighted by Gasteiger charge is -2.18. The van der Waals surface area contributed by atoms with E-state index >= 15 is 0 Å². The molecule has 0 aliphatic heterocycles. The molecule has 0 radical (unpaired) electrons. The Morgan fingerprint density at radius 2 is 2.04 bits per heavy atom. The van der Waals surface area contributed by atoms with Gasteiger partial charge in [-0.05, 0) is 30.5 Å². The van der Waals surface area contributed by atoms with E-state index in [1.165, 1.54) is 18.3 Å². The van der Waals surface area contributed by atoms with Crippen molar-refractivity contribution in [3.8, 4) is 17.1 Å². The van der Waals surface area contributed by atoms with Crippen LogP contribution in [-0.4, -0.2) is 19.6 Å². The van der Waals surface area contributed by atoms with Crippen molar-refractivity contribution in [2.75, 3.05) is 0 Å². The number of nitrogens with zero attached hydrogens (tertiary/aromatic N) is 3. The first-order chi connectivity index (χ1) is 11.1. The highest BCUT2D eigenvalue weighted by molar-refractivity contribution is 6.34. The molecule has 3 rings (SSSR count). The molecule has 2 aromatic heterocycles. The lowest BCUT2D eigenvalue weighted by molar-refractivity contribution is 0.362. The highest BCUT2D eigenvalue weighted by Gasteiger charge is 2.22. The number of hydrogen-bond donors (Lipinski definition) is 1. The number of fused-ring (bicyclic) bond motifs is 1. The highest BCUT2D eigenvalue weighted by Crippen LogP contribution is 2.38. The van der Waals surface area contributed by atoms with E-state index in [4.69, 9.17) is 11.6 Å². The number of pyridine rings is 1. The van der Waals surface area contributed by atoms with Crippen molar-refractivity contribution in [3.05, 3.63) is 41.3 Å². The number of hydrogen-bond acceptors (Lipinski definition) is 3. The van der Waals surface area contributed by atoms with Crippen LogP contribution in [-0.2, 0) is 0 Å². The zero-order valence-corrected chi connectivity index (χ0v) is 13.7. The fourth-order valence-corrected chi connectivity index (χ4v) is 3.19. The third-order valence-corrected chi connectivity index (χ3v) is 4.36. The second-order valence-electron chi connectivity index (χ2n) is 5.42. The van der Waals surface area contributed by atoms with Crippen molar-refractivity contribution < 1.29 is 9.50 Å². The predicted octanol–water partition coefficient (Wildman–Crippen LogP) is 4.96. The van der Waals surface area contributed by atoms with Gasteiger partial charge in [-0.15, -0.1) is 0 Å². The zero-order valence-electron chi connectivity index (χ0n) is 12.9. The molecule has 0 spiro atoms. The van der Waals surface area contributed by atoms with Crippen LogP contribution < -0.4 is 0 Å². The number of rotatable bonds is 4.